The Hall–Kier alpha value is -0.580. The molecule has 2 heterocycles. The highest BCUT2D eigenvalue weighted by molar-refractivity contribution is 7.07. The van der Waals surface area contributed by atoms with Gasteiger partial charge in [0.15, 0.2) is 0 Å². The standard InChI is InChI=1S/C12H18N2OS.ClH/c1-12(5-2-3-6-14-12)11(15)13-8-10-4-7-16-9-10;/h4,7,9,14H,2-3,5-6,8H2,1H3,(H,13,15);1H. The molecule has 1 aromatic heterocycles. The highest BCUT2D eigenvalue weighted by Gasteiger charge is 2.33. The Bertz CT molecular complexity index is 347. The lowest BCUT2D eigenvalue weighted by Gasteiger charge is -2.33. The second-order valence-corrected chi connectivity index (χ2v) is 5.31. The number of thiophene rings is 1. The maximum Gasteiger partial charge on any atom is 0.240 e. The molecule has 1 saturated heterocycles. The van der Waals surface area contributed by atoms with Gasteiger partial charge in [-0.3, -0.25) is 4.79 Å². The maximum absolute atomic E-state index is 12.0. The molecule has 0 spiro atoms. The van der Waals surface area contributed by atoms with Gasteiger partial charge in [-0.25, -0.2) is 0 Å². The maximum atomic E-state index is 12.0. The van der Waals surface area contributed by atoms with Crippen LogP contribution in [-0.2, 0) is 11.3 Å². The van der Waals surface area contributed by atoms with Crippen LogP contribution in [0.1, 0.15) is 31.7 Å². The first-order chi connectivity index (χ1) is 7.71. The Labute approximate surface area is 112 Å². The Morgan fingerprint density at radius 3 is 3.00 bits per heavy atom. The monoisotopic (exact) mass is 274 g/mol. The number of hydrogen-bond donors (Lipinski definition) is 2. The predicted molar refractivity (Wildman–Crippen MR) is 73.7 cm³/mol. The summed E-state index contributed by atoms with van der Waals surface area (Å²) in [5, 5.41) is 10.4. The molecule has 0 saturated carbocycles. The van der Waals surface area contributed by atoms with Gasteiger partial charge in [0.05, 0.1) is 5.54 Å². The van der Waals surface area contributed by atoms with E-state index in [1.807, 2.05) is 18.4 Å². The number of amides is 1. The SMILES string of the molecule is CC1(C(=O)NCc2ccsc2)CCCCN1.Cl. The molecule has 3 nitrogen and oxygen atoms in total. The zero-order valence-corrected chi connectivity index (χ0v) is 11.6. The first-order valence-electron chi connectivity index (χ1n) is 5.75. The van der Waals surface area contributed by atoms with Crippen LogP contribution in [0.4, 0.5) is 0 Å². The van der Waals surface area contributed by atoms with Crippen LogP contribution in [0.2, 0.25) is 0 Å². The van der Waals surface area contributed by atoms with Crippen LogP contribution in [0, 0.1) is 0 Å². The van der Waals surface area contributed by atoms with Gasteiger partial charge in [0.2, 0.25) is 5.91 Å². The third-order valence-corrected chi connectivity index (χ3v) is 3.89. The second-order valence-electron chi connectivity index (χ2n) is 4.53. The molecule has 2 N–H and O–H groups in total. The highest BCUT2D eigenvalue weighted by Crippen LogP contribution is 2.19. The molecule has 1 fully saturated rings. The topological polar surface area (TPSA) is 41.1 Å². The molecular formula is C12H19ClN2OS. The van der Waals surface area contributed by atoms with Crippen LogP contribution in [0.3, 0.4) is 0 Å². The van der Waals surface area contributed by atoms with Crippen molar-refractivity contribution >= 4 is 29.7 Å². The van der Waals surface area contributed by atoms with E-state index in [9.17, 15) is 4.79 Å². The van der Waals surface area contributed by atoms with Crippen LogP contribution < -0.4 is 10.6 Å². The predicted octanol–water partition coefficient (Wildman–Crippen LogP) is 2.32. The van der Waals surface area contributed by atoms with Crippen molar-refractivity contribution in [2.75, 3.05) is 6.54 Å². The second kappa shape index (κ2) is 6.38. The first-order valence-corrected chi connectivity index (χ1v) is 6.69. The fourth-order valence-corrected chi connectivity index (χ4v) is 2.69. The number of nitrogens with one attached hydrogen (secondary N) is 2. The van der Waals surface area contributed by atoms with Crippen molar-refractivity contribution < 1.29 is 4.79 Å². The molecule has 0 aliphatic carbocycles. The fourth-order valence-electron chi connectivity index (χ4n) is 2.02. The van der Waals surface area contributed by atoms with E-state index in [-0.39, 0.29) is 23.9 Å². The molecule has 1 unspecified atom stereocenters. The van der Waals surface area contributed by atoms with Crippen molar-refractivity contribution in [2.45, 2.75) is 38.3 Å². The highest BCUT2D eigenvalue weighted by atomic mass is 35.5. The Kier molecular flexibility index (Phi) is 5.43. The normalized spacial score (nSPS) is 23.8. The summed E-state index contributed by atoms with van der Waals surface area (Å²) in [5.74, 6) is 0.124. The van der Waals surface area contributed by atoms with E-state index in [4.69, 9.17) is 0 Å². The van der Waals surface area contributed by atoms with Crippen molar-refractivity contribution in [3.63, 3.8) is 0 Å². The number of piperidine rings is 1. The van der Waals surface area contributed by atoms with E-state index in [1.165, 1.54) is 12.0 Å². The molecule has 5 heteroatoms. The number of rotatable bonds is 3. The van der Waals surface area contributed by atoms with E-state index in [1.54, 1.807) is 11.3 Å². The van der Waals surface area contributed by atoms with E-state index in [0.717, 1.165) is 19.4 Å². The van der Waals surface area contributed by atoms with Gasteiger partial charge in [-0.2, -0.15) is 11.3 Å². The molecule has 96 valence electrons. The van der Waals surface area contributed by atoms with Crippen LogP contribution in [0.5, 0.6) is 0 Å². The van der Waals surface area contributed by atoms with Crippen LogP contribution in [0.25, 0.3) is 0 Å². The summed E-state index contributed by atoms with van der Waals surface area (Å²) in [5.41, 5.74) is 0.812. The summed E-state index contributed by atoms with van der Waals surface area (Å²) in [4.78, 5) is 12.0. The average Bonchev–Trinajstić information content (AvgIpc) is 2.79. The van der Waals surface area contributed by atoms with Gasteiger partial charge in [0.25, 0.3) is 0 Å². The van der Waals surface area contributed by atoms with Gasteiger partial charge in [-0.1, -0.05) is 0 Å². The van der Waals surface area contributed by atoms with E-state index < -0.39 is 0 Å². The summed E-state index contributed by atoms with van der Waals surface area (Å²) in [6.45, 7) is 3.58. The number of halogens is 1. The van der Waals surface area contributed by atoms with Crippen LogP contribution in [0.15, 0.2) is 16.8 Å². The first kappa shape index (κ1) is 14.5. The lowest BCUT2D eigenvalue weighted by atomic mass is 9.90. The molecule has 0 bridgehead atoms. The summed E-state index contributed by atoms with van der Waals surface area (Å²) in [6.07, 6.45) is 3.24. The van der Waals surface area contributed by atoms with E-state index in [2.05, 4.69) is 16.0 Å². The lowest BCUT2D eigenvalue weighted by molar-refractivity contribution is -0.128. The summed E-state index contributed by atoms with van der Waals surface area (Å²) in [7, 11) is 0. The molecule has 1 aliphatic heterocycles. The molecule has 0 aromatic carbocycles. The number of hydrogen-bond acceptors (Lipinski definition) is 3. The zero-order chi connectivity index (χ0) is 11.4. The quantitative estimate of drug-likeness (QED) is 0.888. The number of carbonyl (C=O) groups is 1. The molecule has 1 amide bonds. The molecule has 2 rings (SSSR count). The molecule has 1 aliphatic rings. The molecule has 0 radical (unpaired) electrons. The van der Waals surface area contributed by atoms with Crippen LogP contribution >= 0.6 is 23.7 Å². The molecular weight excluding hydrogens is 256 g/mol. The van der Waals surface area contributed by atoms with E-state index >= 15 is 0 Å². The Morgan fingerprint density at radius 2 is 2.41 bits per heavy atom. The fraction of sp³-hybridized carbons (Fsp3) is 0.583. The summed E-state index contributed by atoms with van der Waals surface area (Å²) in [6, 6.07) is 2.04. The Morgan fingerprint density at radius 1 is 1.59 bits per heavy atom. The van der Waals surface area contributed by atoms with Crippen molar-refractivity contribution in [3.8, 4) is 0 Å². The average molecular weight is 275 g/mol. The van der Waals surface area contributed by atoms with Gasteiger partial charge < -0.3 is 10.6 Å². The van der Waals surface area contributed by atoms with Gasteiger partial charge >= 0.3 is 0 Å². The smallest absolute Gasteiger partial charge is 0.240 e. The van der Waals surface area contributed by atoms with Crippen molar-refractivity contribution in [2.24, 2.45) is 0 Å². The van der Waals surface area contributed by atoms with Gasteiger partial charge in [0.1, 0.15) is 0 Å². The largest absolute Gasteiger partial charge is 0.350 e. The zero-order valence-electron chi connectivity index (χ0n) is 9.99. The molecule has 1 aromatic rings. The van der Waals surface area contributed by atoms with Gasteiger partial charge in [0, 0.05) is 6.54 Å². The summed E-state index contributed by atoms with van der Waals surface area (Å²) < 4.78 is 0. The van der Waals surface area contributed by atoms with Crippen molar-refractivity contribution in [3.05, 3.63) is 22.4 Å². The molecule has 1 atom stereocenters. The van der Waals surface area contributed by atoms with Gasteiger partial charge in [-0.05, 0) is 55.1 Å². The third kappa shape index (κ3) is 3.69. The van der Waals surface area contributed by atoms with Crippen molar-refractivity contribution in [1.29, 1.82) is 0 Å². The van der Waals surface area contributed by atoms with Gasteiger partial charge in [-0.15, -0.1) is 12.4 Å². The Balaban J connectivity index is 0.00000144. The molecule has 17 heavy (non-hydrogen) atoms. The minimum atomic E-state index is -0.367. The van der Waals surface area contributed by atoms with Crippen LogP contribution in [-0.4, -0.2) is 18.0 Å². The minimum Gasteiger partial charge on any atom is -0.350 e. The van der Waals surface area contributed by atoms with E-state index in [0.29, 0.717) is 6.54 Å². The minimum absolute atomic E-state index is 0. The number of carbonyl (C=O) groups excluding carboxylic acids is 1. The van der Waals surface area contributed by atoms with Crippen molar-refractivity contribution in [1.82, 2.24) is 10.6 Å². The lowest BCUT2D eigenvalue weighted by Crippen LogP contribution is -2.56. The summed E-state index contributed by atoms with van der Waals surface area (Å²) >= 11 is 1.66. The third-order valence-electron chi connectivity index (χ3n) is 3.15.